The molecule has 0 radical (unpaired) electrons. The van der Waals surface area contributed by atoms with Gasteiger partial charge < -0.3 is 24.8 Å². The Kier molecular flexibility index (Phi) is 6.56. The average molecular weight is 425 g/mol. The number of aryl methyl sites for hydroxylation is 1. The molecule has 8 nitrogen and oxygen atoms in total. The topological polar surface area (TPSA) is 73.8 Å². The van der Waals surface area contributed by atoms with Crippen LogP contribution in [-0.2, 0) is 24.0 Å². The standard InChI is InChI=1S/C23H32N6O2/c1-4-17-5-7-18(8-6-17)24-23(30)29-11-9-19-20(10-12-29)25-22(26-21(19)27(2)3)28-13-15-31-16-14-28/h5-8H,4,9-16H2,1-3H3,(H,24,30). The first-order valence-corrected chi connectivity index (χ1v) is 11.1. The molecule has 4 rings (SSSR count). The third kappa shape index (κ3) is 4.90. The van der Waals surface area contributed by atoms with Gasteiger partial charge in [-0.2, -0.15) is 4.98 Å². The zero-order valence-electron chi connectivity index (χ0n) is 18.7. The Labute approximate surface area is 184 Å². The first kappa shape index (κ1) is 21.4. The Morgan fingerprint density at radius 3 is 2.45 bits per heavy atom. The summed E-state index contributed by atoms with van der Waals surface area (Å²) in [5.41, 5.74) is 4.27. The fourth-order valence-electron chi connectivity index (χ4n) is 4.07. The van der Waals surface area contributed by atoms with E-state index in [2.05, 4.69) is 34.2 Å². The number of ether oxygens (including phenoxy) is 1. The van der Waals surface area contributed by atoms with Crippen LogP contribution in [0, 0.1) is 0 Å². The predicted molar refractivity (Wildman–Crippen MR) is 123 cm³/mol. The highest BCUT2D eigenvalue weighted by molar-refractivity contribution is 5.89. The van der Waals surface area contributed by atoms with Crippen LogP contribution in [0.15, 0.2) is 24.3 Å². The number of hydrogen-bond donors (Lipinski definition) is 1. The maximum absolute atomic E-state index is 12.9. The number of fused-ring (bicyclic) bond motifs is 1. The second-order valence-corrected chi connectivity index (χ2v) is 8.23. The zero-order chi connectivity index (χ0) is 21.8. The van der Waals surface area contributed by atoms with Crippen molar-refractivity contribution in [2.75, 3.05) is 68.6 Å². The molecule has 0 aliphatic carbocycles. The number of urea groups is 1. The third-order valence-corrected chi connectivity index (χ3v) is 5.93. The van der Waals surface area contributed by atoms with Gasteiger partial charge in [-0.3, -0.25) is 0 Å². The lowest BCUT2D eigenvalue weighted by atomic mass is 10.1. The highest BCUT2D eigenvalue weighted by Crippen LogP contribution is 2.27. The minimum absolute atomic E-state index is 0.0650. The van der Waals surface area contributed by atoms with Crippen LogP contribution in [-0.4, -0.2) is 74.4 Å². The van der Waals surface area contributed by atoms with E-state index in [1.54, 1.807) is 0 Å². The number of amides is 2. The van der Waals surface area contributed by atoms with Crippen molar-refractivity contribution >= 4 is 23.5 Å². The molecule has 1 fully saturated rings. The van der Waals surface area contributed by atoms with Crippen molar-refractivity contribution < 1.29 is 9.53 Å². The molecule has 1 aromatic carbocycles. The lowest BCUT2D eigenvalue weighted by molar-refractivity contribution is 0.122. The first-order chi connectivity index (χ1) is 15.0. The Morgan fingerprint density at radius 1 is 1.06 bits per heavy atom. The minimum atomic E-state index is -0.0650. The molecule has 2 aromatic rings. The molecule has 2 aliphatic heterocycles. The number of morpholine rings is 1. The van der Waals surface area contributed by atoms with E-state index in [4.69, 9.17) is 14.7 Å². The number of rotatable bonds is 4. The van der Waals surface area contributed by atoms with Gasteiger partial charge in [0.15, 0.2) is 0 Å². The molecule has 0 unspecified atom stereocenters. The van der Waals surface area contributed by atoms with Crippen LogP contribution in [0.4, 0.5) is 22.2 Å². The van der Waals surface area contributed by atoms with E-state index in [1.165, 1.54) is 5.56 Å². The van der Waals surface area contributed by atoms with Crippen molar-refractivity contribution in [2.24, 2.45) is 0 Å². The minimum Gasteiger partial charge on any atom is -0.378 e. The molecule has 3 heterocycles. The van der Waals surface area contributed by atoms with Crippen molar-refractivity contribution in [3.05, 3.63) is 41.1 Å². The van der Waals surface area contributed by atoms with Gasteiger partial charge in [-0.05, 0) is 30.5 Å². The van der Waals surface area contributed by atoms with E-state index in [0.29, 0.717) is 26.3 Å². The highest BCUT2D eigenvalue weighted by atomic mass is 16.5. The van der Waals surface area contributed by atoms with Crippen LogP contribution >= 0.6 is 0 Å². The molecule has 2 aliphatic rings. The van der Waals surface area contributed by atoms with Gasteiger partial charge in [0.2, 0.25) is 5.95 Å². The maximum atomic E-state index is 12.9. The van der Waals surface area contributed by atoms with Crippen LogP contribution in [0.3, 0.4) is 0 Å². The average Bonchev–Trinajstić information content (AvgIpc) is 3.02. The summed E-state index contributed by atoms with van der Waals surface area (Å²) in [4.78, 5) is 28.8. The predicted octanol–water partition coefficient (Wildman–Crippen LogP) is 2.57. The number of carbonyl (C=O) groups excluding carboxylic acids is 1. The van der Waals surface area contributed by atoms with Crippen molar-refractivity contribution in [1.29, 1.82) is 0 Å². The summed E-state index contributed by atoms with van der Waals surface area (Å²) in [7, 11) is 4.03. The van der Waals surface area contributed by atoms with E-state index < -0.39 is 0 Å². The second-order valence-electron chi connectivity index (χ2n) is 8.23. The molecule has 166 valence electrons. The Balaban J connectivity index is 1.50. The number of benzene rings is 1. The molecule has 1 N–H and O–H groups in total. The molecule has 2 amide bonds. The smallest absolute Gasteiger partial charge is 0.321 e. The quantitative estimate of drug-likeness (QED) is 0.813. The molecule has 1 aromatic heterocycles. The summed E-state index contributed by atoms with van der Waals surface area (Å²) >= 11 is 0. The molecule has 0 spiro atoms. The Morgan fingerprint density at radius 2 is 1.77 bits per heavy atom. The Hall–Kier alpha value is -2.87. The molecule has 0 saturated carbocycles. The summed E-state index contributed by atoms with van der Waals surface area (Å²) in [6.07, 6.45) is 2.45. The van der Waals surface area contributed by atoms with E-state index in [-0.39, 0.29) is 6.03 Å². The molecule has 31 heavy (non-hydrogen) atoms. The van der Waals surface area contributed by atoms with E-state index in [1.807, 2.05) is 31.1 Å². The monoisotopic (exact) mass is 424 g/mol. The van der Waals surface area contributed by atoms with E-state index >= 15 is 0 Å². The number of nitrogens with zero attached hydrogens (tertiary/aromatic N) is 5. The van der Waals surface area contributed by atoms with Crippen LogP contribution < -0.4 is 15.1 Å². The normalized spacial score (nSPS) is 16.5. The van der Waals surface area contributed by atoms with Crippen LogP contribution in [0.5, 0.6) is 0 Å². The molecular formula is C23H32N6O2. The van der Waals surface area contributed by atoms with E-state index in [0.717, 1.165) is 61.1 Å². The number of anilines is 3. The third-order valence-electron chi connectivity index (χ3n) is 5.93. The van der Waals surface area contributed by atoms with Crippen molar-refractivity contribution in [1.82, 2.24) is 14.9 Å². The number of carbonyl (C=O) groups is 1. The van der Waals surface area contributed by atoms with Crippen LogP contribution in [0.2, 0.25) is 0 Å². The van der Waals surface area contributed by atoms with Gasteiger partial charge in [0.05, 0.1) is 18.9 Å². The van der Waals surface area contributed by atoms with Gasteiger partial charge in [0.25, 0.3) is 0 Å². The van der Waals surface area contributed by atoms with Gasteiger partial charge in [0.1, 0.15) is 5.82 Å². The largest absolute Gasteiger partial charge is 0.378 e. The lowest BCUT2D eigenvalue weighted by Gasteiger charge is -2.28. The molecule has 0 atom stereocenters. The SMILES string of the molecule is CCc1ccc(NC(=O)N2CCc3nc(N4CCOCC4)nc(N(C)C)c3CC2)cc1. The van der Waals surface area contributed by atoms with Gasteiger partial charge in [-0.15, -0.1) is 0 Å². The summed E-state index contributed by atoms with van der Waals surface area (Å²) < 4.78 is 5.47. The summed E-state index contributed by atoms with van der Waals surface area (Å²) in [5.74, 6) is 1.71. The molecule has 1 saturated heterocycles. The first-order valence-electron chi connectivity index (χ1n) is 11.1. The second kappa shape index (κ2) is 9.51. The van der Waals surface area contributed by atoms with Crippen LogP contribution in [0.1, 0.15) is 23.7 Å². The number of hydrogen-bond acceptors (Lipinski definition) is 6. The van der Waals surface area contributed by atoms with Gasteiger partial charge >= 0.3 is 6.03 Å². The number of nitrogens with one attached hydrogen (secondary N) is 1. The molecule has 8 heteroatoms. The summed E-state index contributed by atoms with van der Waals surface area (Å²) in [6, 6.07) is 7.98. The van der Waals surface area contributed by atoms with Gasteiger partial charge in [0, 0.05) is 57.9 Å². The van der Waals surface area contributed by atoms with E-state index in [9.17, 15) is 4.79 Å². The van der Waals surface area contributed by atoms with Crippen molar-refractivity contribution in [3.63, 3.8) is 0 Å². The zero-order valence-corrected chi connectivity index (χ0v) is 18.7. The molecule has 0 bridgehead atoms. The molecular weight excluding hydrogens is 392 g/mol. The van der Waals surface area contributed by atoms with Gasteiger partial charge in [-0.25, -0.2) is 9.78 Å². The van der Waals surface area contributed by atoms with Crippen molar-refractivity contribution in [2.45, 2.75) is 26.2 Å². The fourth-order valence-corrected chi connectivity index (χ4v) is 4.07. The van der Waals surface area contributed by atoms with Crippen molar-refractivity contribution in [3.8, 4) is 0 Å². The number of aromatic nitrogens is 2. The summed E-state index contributed by atoms with van der Waals surface area (Å²) in [5, 5.41) is 3.04. The summed E-state index contributed by atoms with van der Waals surface area (Å²) in [6.45, 7) is 6.41. The lowest BCUT2D eigenvalue weighted by Crippen LogP contribution is -2.38. The fraction of sp³-hybridized carbons (Fsp3) is 0.522. The van der Waals surface area contributed by atoms with Gasteiger partial charge in [-0.1, -0.05) is 19.1 Å². The maximum Gasteiger partial charge on any atom is 0.321 e. The Bertz CT molecular complexity index is 909. The highest BCUT2D eigenvalue weighted by Gasteiger charge is 2.25. The van der Waals surface area contributed by atoms with Crippen LogP contribution in [0.25, 0.3) is 0 Å².